The van der Waals surface area contributed by atoms with Crippen LogP contribution in [0.3, 0.4) is 0 Å². The molecule has 0 saturated heterocycles. The lowest BCUT2D eigenvalue weighted by Gasteiger charge is -2.24. The summed E-state index contributed by atoms with van der Waals surface area (Å²) in [4.78, 5) is 59.5. The van der Waals surface area contributed by atoms with E-state index >= 15 is 0 Å². The van der Waals surface area contributed by atoms with E-state index < -0.39 is 66.9 Å². The van der Waals surface area contributed by atoms with Gasteiger partial charge in [0.15, 0.2) is 0 Å². The SMILES string of the molecule is CC(C)CC(N)C(=O)NC(CO)C(=O)NC(CC(=O)O)C(=O)NC(CC(C)C)C(=O)O. The molecule has 0 aliphatic rings. The predicted octanol–water partition coefficient (Wildman–Crippen LogP) is -1.59. The molecule has 0 fully saturated rings. The highest BCUT2D eigenvalue weighted by atomic mass is 16.4. The topological polar surface area (TPSA) is 208 Å². The van der Waals surface area contributed by atoms with Crippen LogP contribution < -0.4 is 21.7 Å². The summed E-state index contributed by atoms with van der Waals surface area (Å²) in [6.07, 6.45) is -0.398. The van der Waals surface area contributed by atoms with Crippen LogP contribution in [-0.4, -0.2) is 75.8 Å². The maximum atomic E-state index is 12.5. The second-order valence-electron chi connectivity index (χ2n) is 8.17. The van der Waals surface area contributed by atoms with Crippen molar-refractivity contribution in [2.45, 2.75) is 71.1 Å². The van der Waals surface area contributed by atoms with E-state index in [0.717, 1.165) is 0 Å². The van der Waals surface area contributed by atoms with Crippen LogP contribution in [0.1, 0.15) is 47.0 Å². The molecule has 0 spiro atoms. The van der Waals surface area contributed by atoms with Crippen molar-refractivity contribution in [1.82, 2.24) is 16.0 Å². The molecule has 31 heavy (non-hydrogen) atoms. The minimum absolute atomic E-state index is 0.0713. The number of aliphatic carboxylic acids is 2. The lowest BCUT2D eigenvalue weighted by Crippen LogP contribution is -2.58. The summed E-state index contributed by atoms with van der Waals surface area (Å²) in [5.74, 6) is -5.39. The van der Waals surface area contributed by atoms with Crippen molar-refractivity contribution >= 4 is 29.7 Å². The van der Waals surface area contributed by atoms with Crippen LogP contribution >= 0.6 is 0 Å². The van der Waals surface area contributed by atoms with Gasteiger partial charge in [-0.25, -0.2) is 4.79 Å². The zero-order chi connectivity index (χ0) is 24.3. The maximum Gasteiger partial charge on any atom is 0.326 e. The zero-order valence-electron chi connectivity index (χ0n) is 18.3. The second kappa shape index (κ2) is 13.5. The number of hydrogen-bond donors (Lipinski definition) is 7. The molecule has 0 bridgehead atoms. The van der Waals surface area contributed by atoms with Crippen molar-refractivity contribution < 1.29 is 39.3 Å². The van der Waals surface area contributed by atoms with Gasteiger partial charge in [0, 0.05) is 0 Å². The number of carboxylic acid groups (broad SMARTS) is 2. The molecule has 12 heteroatoms. The van der Waals surface area contributed by atoms with Crippen molar-refractivity contribution in [2.75, 3.05) is 6.61 Å². The van der Waals surface area contributed by atoms with Crippen LogP contribution in [0.25, 0.3) is 0 Å². The van der Waals surface area contributed by atoms with Crippen molar-refractivity contribution in [1.29, 1.82) is 0 Å². The molecule has 0 aromatic carbocycles. The Morgan fingerprint density at radius 1 is 0.742 bits per heavy atom. The molecule has 178 valence electrons. The standard InChI is InChI=1S/C19H34N4O8/c1-9(2)5-11(20)16(27)23-14(8-24)18(29)21-12(7-15(25)26)17(28)22-13(19(30)31)6-10(3)4/h9-14,24H,5-8,20H2,1-4H3,(H,21,29)(H,22,28)(H,23,27)(H,25,26)(H,30,31). The fourth-order valence-corrected chi connectivity index (χ4v) is 2.71. The van der Waals surface area contributed by atoms with Crippen LogP contribution in [-0.2, 0) is 24.0 Å². The van der Waals surface area contributed by atoms with Gasteiger partial charge in [-0.2, -0.15) is 0 Å². The Kier molecular flexibility index (Phi) is 12.4. The molecular formula is C19H34N4O8. The summed E-state index contributed by atoms with van der Waals surface area (Å²) in [5, 5.41) is 34.3. The number of nitrogens with one attached hydrogen (secondary N) is 3. The Morgan fingerprint density at radius 3 is 1.61 bits per heavy atom. The lowest BCUT2D eigenvalue weighted by atomic mass is 10.0. The fraction of sp³-hybridized carbons (Fsp3) is 0.737. The normalized spacial score (nSPS) is 15.0. The molecule has 0 aliphatic heterocycles. The molecule has 0 heterocycles. The molecule has 0 radical (unpaired) electrons. The molecule has 4 unspecified atom stereocenters. The van der Waals surface area contributed by atoms with Gasteiger partial charge in [0.2, 0.25) is 17.7 Å². The number of carbonyl (C=O) groups excluding carboxylic acids is 3. The summed E-state index contributed by atoms with van der Waals surface area (Å²) in [5.41, 5.74) is 5.74. The van der Waals surface area contributed by atoms with E-state index in [9.17, 15) is 34.2 Å². The Hall–Kier alpha value is -2.73. The summed E-state index contributed by atoms with van der Waals surface area (Å²) >= 11 is 0. The number of rotatable bonds is 14. The maximum absolute atomic E-state index is 12.5. The van der Waals surface area contributed by atoms with Gasteiger partial charge >= 0.3 is 11.9 Å². The Bertz CT molecular complexity index is 653. The highest BCUT2D eigenvalue weighted by Crippen LogP contribution is 2.07. The van der Waals surface area contributed by atoms with Crippen molar-refractivity contribution in [2.24, 2.45) is 17.6 Å². The first-order valence-electron chi connectivity index (χ1n) is 10.0. The molecule has 3 amide bonds. The highest BCUT2D eigenvalue weighted by Gasteiger charge is 2.31. The largest absolute Gasteiger partial charge is 0.481 e. The first kappa shape index (κ1) is 28.3. The molecule has 0 aromatic heterocycles. The van der Waals surface area contributed by atoms with Gasteiger partial charge in [0.1, 0.15) is 18.1 Å². The van der Waals surface area contributed by atoms with Crippen molar-refractivity contribution in [3.63, 3.8) is 0 Å². The smallest absolute Gasteiger partial charge is 0.326 e. The average Bonchev–Trinajstić information content (AvgIpc) is 2.62. The number of carbonyl (C=O) groups is 5. The van der Waals surface area contributed by atoms with E-state index in [2.05, 4.69) is 16.0 Å². The zero-order valence-corrected chi connectivity index (χ0v) is 18.3. The van der Waals surface area contributed by atoms with Crippen molar-refractivity contribution in [3.8, 4) is 0 Å². The Morgan fingerprint density at radius 2 is 1.19 bits per heavy atom. The first-order chi connectivity index (χ1) is 14.3. The van der Waals surface area contributed by atoms with Crippen LogP contribution in [0, 0.1) is 11.8 Å². The summed E-state index contributed by atoms with van der Waals surface area (Å²) in [7, 11) is 0. The summed E-state index contributed by atoms with van der Waals surface area (Å²) in [6, 6.07) is -5.29. The Balaban J connectivity index is 5.28. The van der Waals surface area contributed by atoms with E-state index in [1.807, 2.05) is 13.8 Å². The third-order valence-corrected chi connectivity index (χ3v) is 4.21. The fourth-order valence-electron chi connectivity index (χ4n) is 2.71. The van der Waals surface area contributed by atoms with Gasteiger partial charge in [-0.05, 0) is 24.7 Å². The van der Waals surface area contributed by atoms with Crippen LogP contribution in [0.5, 0.6) is 0 Å². The van der Waals surface area contributed by atoms with Crippen LogP contribution in [0.15, 0.2) is 0 Å². The van der Waals surface area contributed by atoms with Gasteiger partial charge < -0.3 is 37.0 Å². The number of aliphatic hydroxyl groups excluding tert-OH is 1. The monoisotopic (exact) mass is 446 g/mol. The number of nitrogens with two attached hydrogens (primary N) is 1. The van der Waals surface area contributed by atoms with Crippen LogP contribution in [0.4, 0.5) is 0 Å². The molecule has 0 rings (SSSR count). The minimum Gasteiger partial charge on any atom is -0.481 e. The van der Waals surface area contributed by atoms with Gasteiger partial charge in [0.25, 0.3) is 0 Å². The molecule has 4 atom stereocenters. The third-order valence-electron chi connectivity index (χ3n) is 4.21. The quantitative estimate of drug-likeness (QED) is 0.164. The van der Waals surface area contributed by atoms with E-state index in [4.69, 9.17) is 10.8 Å². The molecule has 0 saturated carbocycles. The number of hydrogen-bond acceptors (Lipinski definition) is 7. The number of aliphatic hydroxyl groups is 1. The second-order valence-corrected chi connectivity index (χ2v) is 8.17. The van der Waals surface area contributed by atoms with Gasteiger partial charge in [0.05, 0.1) is 19.1 Å². The summed E-state index contributed by atoms with van der Waals surface area (Å²) < 4.78 is 0. The predicted molar refractivity (Wildman–Crippen MR) is 110 cm³/mol. The number of carboxylic acids is 2. The van der Waals surface area contributed by atoms with E-state index in [1.165, 1.54) is 0 Å². The molecule has 0 aliphatic carbocycles. The van der Waals surface area contributed by atoms with Crippen LogP contribution in [0.2, 0.25) is 0 Å². The first-order valence-corrected chi connectivity index (χ1v) is 10.0. The van der Waals surface area contributed by atoms with Gasteiger partial charge in [-0.15, -0.1) is 0 Å². The highest BCUT2D eigenvalue weighted by molar-refractivity contribution is 5.95. The lowest BCUT2D eigenvalue weighted by molar-refractivity contribution is -0.144. The molecular weight excluding hydrogens is 412 g/mol. The van der Waals surface area contributed by atoms with Crippen molar-refractivity contribution in [3.05, 3.63) is 0 Å². The molecule has 8 N–H and O–H groups in total. The summed E-state index contributed by atoms with van der Waals surface area (Å²) in [6.45, 7) is 6.37. The van der Waals surface area contributed by atoms with E-state index in [-0.39, 0.29) is 18.3 Å². The Labute approximate surface area is 180 Å². The van der Waals surface area contributed by atoms with Gasteiger partial charge in [-0.1, -0.05) is 27.7 Å². The third kappa shape index (κ3) is 11.3. The average molecular weight is 447 g/mol. The van der Waals surface area contributed by atoms with Gasteiger partial charge in [-0.3, -0.25) is 19.2 Å². The van der Waals surface area contributed by atoms with E-state index in [0.29, 0.717) is 6.42 Å². The minimum atomic E-state index is -1.62. The molecule has 12 nitrogen and oxygen atoms in total. The van der Waals surface area contributed by atoms with E-state index in [1.54, 1.807) is 13.8 Å². The molecule has 0 aromatic rings. The number of amides is 3.